The third kappa shape index (κ3) is 4.13. The lowest BCUT2D eigenvalue weighted by atomic mass is 10.2. The molecule has 0 fully saturated rings. The van der Waals surface area contributed by atoms with Crippen LogP contribution in [0.4, 0.5) is 11.5 Å². The second-order valence-corrected chi connectivity index (χ2v) is 8.94. The van der Waals surface area contributed by atoms with E-state index in [0.29, 0.717) is 39.1 Å². The summed E-state index contributed by atoms with van der Waals surface area (Å²) in [4.78, 5) is 16.9. The Morgan fingerprint density at radius 2 is 1.97 bits per heavy atom. The molecule has 0 aliphatic rings. The Morgan fingerprint density at radius 3 is 2.76 bits per heavy atom. The number of ether oxygens (including phenoxy) is 1. The van der Waals surface area contributed by atoms with Crippen molar-refractivity contribution in [3.63, 3.8) is 0 Å². The molecule has 5 aromatic rings. The fourth-order valence-electron chi connectivity index (χ4n) is 3.34. The number of nitrogens with one attached hydrogen (secondary N) is 1. The van der Waals surface area contributed by atoms with Gasteiger partial charge in [-0.3, -0.25) is 0 Å². The molecule has 12 heteroatoms. The van der Waals surface area contributed by atoms with Gasteiger partial charge >= 0.3 is 5.16 Å². The van der Waals surface area contributed by atoms with E-state index in [9.17, 15) is 4.55 Å². The van der Waals surface area contributed by atoms with E-state index in [2.05, 4.69) is 35.6 Å². The first-order chi connectivity index (χ1) is 15.9. The molecule has 0 radical (unpaired) electrons. The summed E-state index contributed by atoms with van der Waals surface area (Å²) < 4.78 is 19.5. The molecule has 166 valence electrons. The molecule has 0 bridgehead atoms. The fraction of sp³-hybridized carbons (Fsp3) is 0.143. The van der Waals surface area contributed by atoms with Crippen molar-refractivity contribution in [2.45, 2.75) is 12.1 Å². The minimum absolute atomic E-state index is 0.207. The average Bonchev–Trinajstić information content (AvgIpc) is 3.16. The van der Waals surface area contributed by atoms with Crippen molar-refractivity contribution in [2.75, 3.05) is 11.6 Å². The van der Waals surface area contributed by atoms with Gasteiger partial charge in [0, 0.05) is 30.0 Å². The predicted molar refractivity (Wildman–Crippen MR) is 126 cm³/mol. The van der Waals surface area contributed by atoms with Gasteiger partial charge in [-0.1, -0.05) is 16.8 Å². The molecule has 0 saturated heterocycles. The van der Waals surface area contributed by atoms with Crippen molar-refractivity contribution in [1.29, 1.82) is 0 Å². The van der Waals surface area contributed by atoms with Gasteiger partial charge in [-0.25, -0.2) is 14.6 Å². The van der Waals surface area contributed by atoms with Crippen LogP contribution in [0.2, 0.25) is 5.02 Å². The molecule has 0 amide bonds. The number of benzene rings is 2. The molecule has 1 unspecified atom stereocenters. The van der Waals surface area contributed by atoms with E-state index in [4.69, 9.17) is 16.3 Å². The molecule has 0 aliphatic heterocycles. The maximum atomic E-state index is 11.8. The van der Waals surface area contributed by atoms with Crippen molar-refractivity contribution < 1.29 is 9.29 Å². The normalized spacial score (nSPS) is 12.3. The zero-order valence-corrected chi connectivity index (χ0v) is 19.3. The molecule has 3 heterocycles. The van der Waals surface area contributed by atoms with Crippen LogP contribution in [0.5, 0.6) is 11.5 Å². The van der Waals surface area contributed by atoms with E-state index < -0.39 is 11.2 Å². The summed E-state index contributed by atoms with van der Waals surface area (Å²) in [6.45, 7) is 1.89. The van der Waals surface area contributed by atoms with Crippen LogP contribution >= 0.6 is 11.6 Å². The standard InChI is InChI=1S/C21H17ClN8O2S/c1-11-6-12(26-20-18-16(24-10-25-20)9-23-21(27-18)33(3)31)7-14(22)19(11)32-13-4-5-17-15(8-13)28-29-30(17)2/h4-10H,1-3H3,(H,24,25,26). The lowest BCUT2D eigenvalue weighted by Crippen LogP contribution is -2.06. The Hall–Kier alpha value is -3.54. The Bertz CT molecular complexity index is 1480. The van der Waals surface area contributed by atoms with Crippen LogP contribution in [-0.4, -0.2) is 45.7 Å². The van der Waals surface area contributed by atoms with Gasteiger partial charge < -0.3 is 14.6 Å². The molecule has 0 aliphatic carbocycles. The van der Waals surface area contributed by atoms with Crippen molar-refractivity contribution in [1.82, 2.24) is 34.9 Å². The van der Waals surface area contributed by atoms with Gasteiger partial charge in [0.05, 0.1) is 16.7 Å². The first-order valence-electron chi connectivity index (χ1n) is 9.74. The Morgan fingerprint density at radius 1 is 1.12 bits per heavy atom. The average molecular weight is 481 g/mol. The van der Waals surface area contributed by atoms with Crippen LogP contribution in [0.15, 0.2) is 48.0 Å². The van der Waals surface area contributed by atoms with Crippen LogP contribution in [0.25, 0.3) is 22.1 Å². The highest BCUT2D eigenvalue weighted by Gasteiger charge is 2.15. The highest BCUT2D eigenvalue weighted by molar-refractivity contribution is 7.90. The highest BCUT2D eigenvalue weighted by Crippen LogP contribution is 2.37. The summed E-state index contributed by atoms with van der Waals surface area (Å²) in [5.74, 6) is 1.59. The summed E-state index contributed by atoms with van der Waals surface area (Å²) in [6, 6.07) is 9.17. The molecule has 3 aromatic heterocycles. The highest BCUT2D eigenvalue weighted by atomic mass is 35.5. The summed E-state index contributed by atoms with van der Waals surface area (Å²) in [5.41, 5.74) is 4.13. The number of aromatic nitrogens is 7. The largest absolute Gasteiger partial charge is 0.609 e. The van der Waals surface area contributed by atoms with Crippen molar-refractivity contribution in [3.05, 3.63) is 53.4 Å². The molecule has 0 spiro atoms. The van der Waals surface area contributed by atoms with Gasteiger partial charge in [-0.15, -0.1) is 5.10 Å². The zero-order valence-electron chi connectivity index (χ0n) is 17.8. The topological polar surface area (TPSA) is 127 Å². The summed E-state index contributed by atoms with van der Waals surface area (Å²) in [5, 5.41) is 12.0. The van der Waals surface area contributed by atoms with Gasteiger partial charge in [0.25, 0.3) is 0 Å². The fourth-order valence-corrected chi connectivity index (χ4v) is 4.06. The van der Waals surface area contributed by atoms with Gasteiger partial charge in [-0.05, 0) is 36.8 Å². The van der Waals surface area contributed by atoms with E-state index in [1.165, 1.54) is 18.8 Å². The SMILES string of the molecule is Cc1cc(Nc2ncnc3cnc([S+](C)[O-])nc23)cc(Cl)c1Oc1ccc2c(c1)nnn2C. The van der Waals surface area contributed by atoms with Crippen LogP contribution in [0, 0.1) is 6.92 Å². The third-order valence-electron chi connectivity index (χ3n) is 4.91. The number of hydrogen-bond acceptors (Lipinski definition) is 9. The smallest absolute Gasteiger partial charge is 0.343 e. The minimum Gasteiger partial charge on any atom is -0.609 e. The Labute approximate surface area is 196 Å². The van der Waals surface area contributed by atoms with E-state index >= 15 is 0 Å². The first-order valence-corrected chi connectivity index (χ1v) is 11.7. The molecular weight excluding hydrogens is 464 g/mol. The van der Waals surface area contributed by atoms with E-state index in [0.717, 1.165) is 16.6 Å². The summed E-state index contributed by atoms with van der Waals surface area (Å²) >= 11 is 5.23. The number of anilines is 2. The van der Waals surface area contributed by atoms with Crippen LogP contribution in [-0.2, 0) is 18.2 Å². The van der Waals surface area contributed by atoms with Crippen LogP contribution in [0.1, 0.15) is 5.56 Å². The van der Waals surface area contributed by atoms with E-state index in [-0.39, 0.29) is 5.16 Å². The lowest BCUT2D eigenvalue weighted by molar-refractivity contribution is 0.480. The molecule has 1 N–H and O–H groups in total. The van der Waals surface area contributed by atoms with Gasteiger partial charge in [0.15, 0.2) is 5.82 Å². The Kier molecular flexibility index (Phi) is 5.44. The van der Waals surface area contributed by atoms with E-state index in [1.54, 1.807) is 10.7 Å². The lowest BCUT2D eigenvalue weighted by Gasteiger charge is -2.14. The Balaban J connectivity index is 1.45. The number of fused-ring (bicyclic) bond motifs is 2. The first kappa shape index (κ1) is 21.3. The maximum absolute atomic E-state index is 11.8. The zero-order chi connectivity index (χ0) is 23.1. The number of nitrogens with zero attached hydrogens (tertiary/aromatic N) is 7. The maximum Gasteiger partial charge on any atom is 0.343 e. The second-order valence-electron chi connectivity index (χ2n) is 7.26. The van der Waals surface area contributed by atoms with Crippen molar-refractivity contribution >= 4 is 56.3 Å². The van der Waals surface area contributed by atoms with E-state index in [1.807, 2.05) is 38.2 Å². The molecule has 0 saturated carbocycles. The van der Waals surface area contributed by atoms with Gasteiger partial charge in [0.2, 0.25) is 0 Å². The second kappa shape index (κ2) is 8.43. The molecule has 2 aromatic carbocycles. The van der Waals surface area contributed by atoms with Crippen LogP contribution < -0.4 is 10.1 Å². The molecule has 5 rings (SSSR count). The van der Waals surface area contributed by atoms with Crippen molar-refractivity contribution in [2.24, 2.45) is 7.05 Å². The molecular formula is C21H17ClN8O2S. The summed E-state index contributed by atoms with van der Waals surface area (Å²) in [7, 11) is 1.83. The van der Waals surface area contributed by atoms with Gasteiger partial charge in [-0.2, -0.15) is 9.97 Å². The van der Waals surface area contributed by atoms with Crippen LogP contribution in [0.3, 0.4) is 0 Å². The quantitative estimate of drug-likeness (QED) is 0.294. The molecule has 1 atom stereocenters. The number of hydrogen-bond donors (Lipinski definition) is 1. The number of rotatable bonds is 5. The minimum atomic E-state index is -1.33. The monoisotopic (exact) mass is 480 g/mol. The third-order valence-corrected chi connectivity index (χ3v) is 5.90. The summed E-state index contributed by atoms with van der Waals surface area (Å²) in [6.07, 6.45) is 4.45. The number of halogens is 1. The van der Waals surface area contributed by atoms with Crippen molar-refractivity contribution in [3.8, 4) is 11.5 Å². The number of aryl methyl sites for hydroxylation is 2. The predicted octanol–water partition coefficient (Wildman–Crippen LogP) is 3.94. The van der Waals surface area contributed by atoms with Gasteiger partial charge in [0.1, 0.15) is 40.6 Å². The molecule has 33 heavy (non-hydrogen) atoms. The molecule has 10 nitrogen and oxygen atoms in total.